The van der Waals surface area contributed by atoms with Crippen molar-refractivity contribution in [2.75, 3.05) is 10.6 Å². The molecule has 1 amide bonds. The van der Waals surface area contributed by atoms with E-state index in [0.29, 0.717) is 23.0 Å². The molecule has 2 N–H and O–H groups in total. The largest absolute Gasteiger partial charge is 0.416 e. The van der Waals surface area contributed by atoms with Gasteiger partial charge in [0.25, 0.3) is 5.91 Å². The van der Waals surface area contributed by atoms with E-state index in [9.17, 15) is 18.0 Å². The van der Waals surface area contributed by atoms with Gasteiger partial charge in [-0.15, -0.1) is 11.3 Å². The minimum absolute atomic E-state index is 0.000689. The summed E-state index contributed by atoms with van der Waals surface area (Å²) in [6, 6.07) is 10.0. The molecule has 38 heavy (non-hydrogen) atoms. The van der Waals surface area contributed by atoms with Crippen molar-refractivity contribution in [2.24, 2.45) is 0 Å². The fraction of sp³-hybridized carbons (Fsp3) is 0.115. The molecule has 0 unspecified atom stereocenters. The number of thiazole rings is 1. The number of nitrogens with zero attached hydrogens (tertiary/aromatic N) is 5. The van der Waals surface area contributed by atoms with Gasteiger partial charge in [-0.2, -0.15) is 13.2 Å². The van der Waals surface area contributed by atoms with Crippen LogP contribution < -0.4 is 10.6 Å². The molecule has 3 aromatic heterocycles. The molecular weight excluding hydrogens is 515 g/mol. The number of aryl methyl sites for hydroxylation is 2. The van der Waals surface area contributed by atoms with Crippen molar-refractivity contribution in [1.29, 1.82) is 0 Å². The Kier molecular flexibility index (Phi) is 6.64. The third-order valence-electron chi connectivity index (χ3n) is 5.57. The molecule has 5 rings (SSSR count). The number of anilines is 3. The van der Waals surface area contributed by atoms with Crippen molar-refractivity contribution >= 4 is 34.6 Å². The van der Waals surface area contributed by atoms with Gasteiger partial charge >= 0.3 is 6.18 Å². The monoisotopic (exact) mass is 535 g/mol. The van der Waals surface area contributed by atoms with Crippen LogP contribution in [0.3, 0.4) is 0 Å². The number of imidazole rings is 1. The van der Waals surface area contributed by atoms with Gasteiger partial charge in [0.1, 0.15) is 10.7 Å². The quantitative estimate of drug-likeness (QED) is 0.261. The molecule has 0 aliphatic carbocycles. The molecule has 5 aromatic rings. The van der Waals surface area contributed by atoms with Gasteiger partial charge in [-0.1, -0.05) is 6.07 Å². The summed E-state index contributed by atoms with van der Waals surface area (Å²) in [7, 11) is 0. The number of rotatable bonds is 6. The number of carbonyl (C=O) groups is 1. The first-order valence-corrected chi connectivity index (χ1v) is 12.2. The van der Waals surface area contributed by atoms with E-state index >= 15 is 0 Å². The van der Waals surface area contributed by atoms with Crippen LogP contribution in [-0.4, -0.2) is 30.4 Å². The maximum atomic E-state index is 13.6. The first-order valence-electron chi connectivity index (χ1n) is 11.3. The Bertz CT molecular complexity index is 1610. The third-order valence-corrected chi connectivity index (χ3v) is 6.36. The highest BCUT2D eigenvalue weighted by Gasteiger charge is 2.31. The van der Waals surface area contributed by atoms with Crippen molar-refractivity contribution in [1.82, 2.24) is 24.5 Å². The maximum Gasteiger partial charge on any atom is 0.416 e. The normalized spacial score (nSPS) is 11.4. The molecule has 0 aliphatic rings. The summed E-state index contributed by atoms with van der Waals surface area (Å²) < 4.78 is 42.2. The van der Waals surface area contributed by atoms with E-state index in [-0.39, 0.29) is 16.9 Å². The number of alkyl halides is 3. The van der Waals surface area contributed by atoms with E-state index in [1.165, 1.54) is 28.3 Å². The molecule has 12 heteroatoms. The first kappa shape index (κ1) is 25.1. The number of halogens is 3. The second-order valence-electron chi connectivity index (χ2n) is 8.40. The smallest absolute Gasteiger partial charge is 0.324 e. The second kappa shape index (κ2) is 10.1. The van der Waals surface area contributed by atoms with Crippen LogP contribution in [0.25, 0.3) is 16.4 Å². The van der Waals surface area contributed by atoms with E-state index in [0.717, 1.165) is 22.7 Å². The lowest BCUT2D eigenvalue weighted by atomic mass is 10.1. The summed E-state index contributed by atoms with van der Waals surface area (Å²) in [4.78, 5) is 30.1. The standard InChI is InChI=1S/C26H20F3N7OS/c1-15-3-4-17(9-22(15)35-25-31-6-5-21(34-25)24-30-7-8-38-24)23(37)33-19-10-18(26(27,28)29)11-20(12-19)36-13-16(2)32-14-36/h3-14H,1-2H3,(H,33,37)(H,31,34,35). The Morgan fingerprint density at radius 3 is 2.55 bits per heavy atom. The highest BCUT2D eigenvalue weighted by atomic mass is 32.1. The van der Waals surface area contributed by atoms with Crippen LogP contribution in [0, 0.1) is 13.8 Å². The van der Waals surface area contributed by atoms with E-state index < -0.39 is 17.6 Å². The van der Waals surface area contributed by atoms with E-state index in [1.807, 2.05) is 12.3 Å². The highest BCUT2D eigenvalue weighted by Crippen LogP contribution is 2.33. The average Bonchev–Trinajstić information content (AvgIpc) is 3.57. The zero-order chi connectivity index (χ0) is 26.9. The predicted octanol–water partition coefficient (Wildman–Crippen LogP) is 6.42. The van der Waals surface area contributed by atoms with Crippen LogP contribution in [-0.2, 0) is 6.18 Å². The minimum atomic E-state index is -4.60. The van der Waals surface area contributed by atoms with E-state index in [1.54, 1.807) is 49.8 Å². The summed E-state index contributed by atoms with van der Waals surface area (Å²) in [5, 5.41) is 8.29. The molecule has 0 bridgehead atoms. The second-order valence-corrected chi connectivity index (χ2v) is 9.29. The number of carbonyl (C=O) groups excluding carboxylic acids is 1. The molecule has 0 fully saturated rings. The van der Waals surface area contributed by atoms with Crippen LogP contribution >= 0.6 is 11.3 Å². The number of hydrogen-bond donors (Lipinski definition) is 2. The molecule has 192 valence electrons. The number of nitrogens with one attached hydrogen (secondary N) is 2. The summed E-state index contributed by atoms with van der Waals surface area (Å²) in [5.74, 6) is -0.255. The molecule has 0 radical (unpaired) electrons. The van der Waals surface area contributed by atoms with Crippen molar-refractivity contribution in [3.8, 4) is 16.4 Å². The molecule has 3 heterocycles. The van der Waals surface area contributed by atoms with Crippen molar-refractivity contribution in [2.45, 2.75) is 20.0 Å². The SMILES string of the molecule is Cc1cn(-c2cc(NC(=O)c3ccc(C)c(Nc4nccc(-c5nccs5)n4)c3)cc(C(F)(F)F)c2)cn1. The summed E-state index contributed by atoms with van der Waals surface area (Å²) >= 11 is 1.45. The molecule has 0 atom stereocenters. The molecule has 2 aromatic carbocycles. The topological polar surface area (TPSA) is 97.6 Å². The Labute approximate surface area is 219 Å². The zero-order valence-corrected chi connectivity index (χ0v) is 20.9. The van der Waals surface area contributed by atoms with Gasteiger partial charge in [0.05, 0.1) is 17.6 Å². The van der Waals surface area contributed by atoms with Crippen molar-refractivity contribution < 1.29 is 18.0 Å². The van der Waals surface area contributed by atoms with Crippen LogP contribution in [0.15, 0.2) is 72.8 Å². The van der Waals surface area contributed by atoms with Crippen molar-refractivity contribution in [3.63, 3.8) is 0 Å². The van der Waals surface area contributed by atoms with Crippen LogP contribution in [0.1, 0.15) is 27.2 Å². The van der Waals surface area contributed by atoms with Gasteiger partial charge in [0, 0.05) is 46.6 Å². The molecule has 0 spiro atoms. The van der Waals surface area contributed by atoms with Crippen molar-refractivity contribution in [3.05, 3.63) is 95.1 Å². The van der Waals surface area contributed by atoms with Gasteiger partial charge in [-0.25, -0.2) is 19.9 Å². The highest BCUT2D eigenvalue weighted by molar-refractivity contribution is 7.13. The maximum absolute atomic E-state index is 13.6. The first-order chi connectivity index (χ1) is 18.2. The van der Waals surface area contributed by atoms with Crippen LogP contribution in [0.4, 0.5) is 30.5 Å². The number of hydrogen-bond acceptors (Lipinski definition) is 7. The molecule has 8 nitrogen and oxygen atoms in total. The van der Waals surface area contributed by atoms with Gasteiger partial charge in [0.2, 0.25) is 5.95 Å². The Morgan fingerprint density at radius 2 is 1.84 bits per heavy atom. The average molecular weight is 536 g/mol. The van der Waals surface area contributed by atoms with Gasteiger partial charge in [0.15, 0.2) is 0 Å². The summed E-state index contributed by atoms with van der Waals surface area (Å²) in [5.41, 5.74) is 2.27. The van der Waals surface area contributed by atoms with Crippen LogP contribution in [0.5, 0.6) is 0 Å². The lowest BCUT2D eigenvalue weighted by molar-refractivity contribution is -0.137. The minimum Gasteiger partial charge on any atom is -0.324 e. The number of aromatic nitrogens is 5. The Morgan fingerprint density at radius 1 is 1.00 bits per heavy atom. The van der Waals surface area contributed by atoms with Crippen LogP contribution in [0.2, 0.25) is 0 Å². The van der Waals surface area contributed by atoms with Gasteiger partial charge in [-0.3, -0.25) is 4.79 Å². The van der Waals surface area contributed by atoms with Gasteiger partial charge < -0.3 is 15.2 Å². The summed E-state index contributed by atoms with van der Waals surface area (Å²) in [6.07, 6.45) is 1.71. The lowest BCUT2D eigenvalue weighted by Gasteiger charge is -2.14. The lowest BCUT2D eigenvalue weighted by Crippen LogP contribution is -2.14. The number of benzene rings is 2. The predicted molar refractivity (Wildman–Crippen MR) is 139 cm³/mol. The molecular formula is C26H20F3N7OS. The number of amides is 1. The molecule has 0 saturated carbocycles. The fourth-order valence-corrected chi connectivity index (χ4v) is 4.27. The van der Waals surface area contributed by atoms with E-state index in [4.69, 9.17) is 0 Å². The third kappa shape index (κ3) is 5.54. The van der Waals surface area contributed by atoms with Gasteiger partial charge in [-0.05, 0) is 55.8 Å². The summed E-state index contributed by atoms with van der Waals surface area (Å²) in [6.45, 7) is 3.58. The zero-order valence-electron chi connectivity index (χ0n) is 20.1. The molecule has 0 saturated heterocycles. The Balaban J connectivity index is 1.41. The fourth-order valence-electron chi connectivity index (χ4n) is 3.67. The molecule has 0 aliphatic heterocycles. The van der Waals surface area contributed by atoms with E-state index in [2.05, 4.69) is 30.6 Å². The Hall–Kier alpha value is -4.58.